The Bertz CT molecular complexity index is 1010. The average molecular weight is 405 g/mol. The van der Waals surface area contributed by atoms with E-state index >= 15 is 0 Å². The molecule has 4 rings (SSSR count). The maximum absolute atomic E-state index is 12.3. The molecular weight excluding hydrogens is 378 g/mol. The molecule has 30 heavy (non-hydrogen) atoms. The summed E-state index contributed by atoms with van der Waals surface area (Å²) in [6.45, 7) is 4.26. The van der Waals surface area contributed by atoms with Gasteiger partial charge in [0.2, 0.25) is 0 Å². The van der Waals surface area contributed by atoms with Crippen LogP contribution in [0.2, 0.25) is 0 Å². The lowest BCUT2D eigenvalue weighted by Crippen LogP contribution is -2.33. The molecule has 2 aromatic carbocycles. The predicted molar refractivity (Wildman–Crippen MR) is 119 cm³/mol. The Labute approximate surface area is 176 Å². The highest BCUT2D eigenvalue weighted by molar-refractivity contribution is 5.92. The highest BCUT2D eigenvalue weighted by Crippen LogP contribution is 2.28. The zero-order valence-electron chi connectivity index (χ0n) is 17.4. The third-order valence-electron chi connectivity index (χ3n) is 5.51. The Hall–Kier alpha value is -3.28. The molecule has 2 heterocycles. The number of para-hydroxylation sites is 1. The van der Waals surface area contributed by atoms with Gasteiger partial charge in [-0.3, -0.25) is 4.79 Å². The first kappa shape index (κ1) is 20.0. The van der Waals surface area contributed by atoms with Crippen LogP contribution in [0.25, 0.3) is 10.9 Å². The summed E-state index contributed by atoms with van der Waals surface area (Å²) in [5, 5.41) is 3.83. The summed E-state index contributed by atoms with van der Waals surface area (Å²) in [5.74, 6) is 2.87. The lowest BCUT2D eigenvalue weighted by molar-refractivity contribution is -0.118. The van der Waals surface area contributed by atoms with Crippen LogP contribution in [0.4, 0.5) is 11.5 Å². The van der Waals surface area contributed by atoms with E-state index in [0.717, 1.165) is 41.5 Å². The van der Waals surface area contributed by atoms with E-state index in [9.17, 15) is 4.79 Å². The number of amides is 1. The molecule has 1 saturated heterocycles. The molecule has 0 radical (unpaired) electrons. The fourth-order valence-electron chi connectivity index (χ4n) is 3.65. The van der Waals surface area contributed by atoms with Gasteiger partial charge in [-0.15, -0.1) is 0 Å². The second kappa shape index (κ2) is 9.03. The number of hydrogen-bond donors (Lipinski definition) is 1. The highest BCUT2D eigenvalue weighted by Gasteiger charge is 2.18. The zero-order valence-corrected chi connectivity index (χ0v) is 17.4. The molecule has 1 N–H and O–H groups in total. The smallest absolute Gasteiger partial charge is 0.262 e. The molecule has 1 aromatic heterocycles. The number of ether oxygens (including phenoxy) is 2. The molecule has 1 fully saturated rings. The number of pyridine rings is 1. The van der Waals surface area contributed by atoms with Crippen LogP contribution in [0.15, 0.2) is 54.6 Å². The largest absolute Gasteiger partial charge is 0.497 e. The number of hydrogen-bond acceptors (Lipinski definition) is 5. The molecule has 156 valence electrons. The molecule has 1 aliphatic heterocycles. The van der Waals surface area contributed by atoms with Crippen LogP contribution in [0.3, 0.4) is 0 Å². The van der Waals surface area contributed by atoms with Gasteiger partial charge in [0.25, 0.3) is 5.91 Å². The van der Waals surface area contributed by atoms with E-state index in [4.69, 9.17) is 14.5 Å². The maximum atomic E-state index is 12.3. The SMILES string of the molecule is COc1ccc(NC(=O)COc2cccc3ccc(N4CCC(C)CC4)nc23)cc1. The van der Waals surface area contributed by atoms with Gasteiger partial charge in [-0.25, -0.2) is 4.98 Å². The third-order valence-corrected chi connectivity index (χ3v) is 5.51. The van der Waals surface area contributed by atoms with Crippen molar-refractivity contribution in [3.63, 3.8) is 0 Å². The van der Waals surface area contributed by atoms with Crippen molar-refractivity contribution in [1.82, 2.24) is 4.98 Å². The second-order valence-electron chi connectivity index (χ2n) is 7.73. The number of anilines is 2. The van der Waals surface area contributed by atoms with Gasteiger partial charge >= 0.3 is 0 Å². The fourth-order valence-corrected chi connectivity index (χ4v) is 3.65. The fraction of sp³-hybridized carbons (Fsp3) is 0.333. The third kappa shape index (κ3) is 4.64. The number of nitrogens with zero attached hydrogens (tertiary/aromatic N) is 2. The standard InChI is InChI=1S/C24H27N3O3/c1-17-12-14-27(15-13-17)22-11-6-18-4-3-5-21(24(18)26-22)30-16-23(28)25-19-7-9-20(29-2)10-8-19/h3-11,17H,12-16H2,1-2H3,(H,25,28). The molecule has 0 spiro atoms. The summed E-state index contributed by atoms with van der Waals surface area (Å²) in [7, 11) is 1.61. The van der Waals surface area contributed by atoms with E-state index in [1.165, 1.54) is 12.8 Å². The van der Waals surface area contributed by atoms with Crippen molar-refractivity contribution in [3.8, 4) is 11.5 Å². The molecule has 6 nitrogen and oxygen atoms in total. The van der Waals surface area contributed by atoms with Crippen LogP contribution < -0.4 is 19.7 Å². The van der Waals surface area contributed by atoms with Crippen molar-refractivity contribution in [2.45, 2.75) is 19.8 Å². The van der Waals surface area contributed by atoms with Crippen molar-refractivity contribution in [1.29, 1.82) is 0 Å². The summed E-state index contributed by atoms with van der Waals surface area (Å²) < 4.78 is 11.0. The Balaban J connectivity index is 1.45. The molecule has 0 bridgehead atoms. The molecule has 0 aliphatic carbocycles. The Morgan fingerprint density at radius 2 is 1.87 bits per heavy atom. The lowest BCUT2D eigenvalue weighted by Gasteiger charge is -2.31. The Morgan fingerprint density at radius 3 is 2.60 bits per heavy atom. The number of nitrogens with one attached hydrogen (secondary N) is 1. The summed E-state index contributed by atoms with van der Waals surface area (Å²) in [5.41, 5.74) is 1.48. The van der Waals surface area contributed by atoms with Crippen LogP contribution >= 0.6 is 0 Å². The van der Waals surface area contributed by atoms with Gasteiger partial charge in [-0.05, 0) is 61.2 Å². The number of carbonyl (C=O) groups excluding carboxylic acids is 1. The molecular formula is C24H27N3O3. The van der Waals surface area contributed by atoms with E-state index in [2.05, 4.69) is 29.3 Å². The lowest BCUT2D eigenvalue weighted by atomic mass is 9.99. The van der Waals surface area contributed by atoms with Crippen molar-refractivity contribution >= 4 is 28.3 Å². The zero-order chi connectivity index (χ0) is 20.9. The highest BCUT2D eigenvalue weighted by atomic mass is 16.5. The van der Waals surface area contributed by atoms with Crippen LogP contribution in [-0.2, 0) is 4.79 Å². The number of fused-ring (bicyclic) bond motifs is 1. The normalized spacial score (nSPS) is 14.5. The summed E-state index contributed by atoms with van der Waals surface area (Å²) in [4.78, 5) is 19.5. The van der Waals surface area contributed by atoms with Crippen LogP contribution in [0, 0.1) is 5.92 Å². The Morgan fingerprint density at radius 1 is 1.10 bits per heavy atom. The minimum Gasteiger partial charge on any atom is -0.497 e. The summed E-state index contributed by atoms with van der Waals surface area (Å²) in [6.07, 6.45) is 2.37. The number of piperidine rings is 1. The van der Waals surface area contributed by atoms with Gasteiger partial charge in [0.15, 0.2) is 6.61 Å². The van der Waals surface area contributed by atoms with Gasteiger partial charge in [0.05, 0.1) is 7.11 Å². The first-order valence-corrected chi connectivity index (χ1v) is 10.3. The second-order valence-corrected chi connectivity index (χ2v) is 7.73. The maximum Gasteiger partial charge on any atom is 0.262 e. The Kier molecular flexibility index (Phi) is 6.02. The molecule has 1 amide bonds. The monoisotopic (exact) mass is 405 g/mol. The molecule has 6 heteroatoms. The van der Waals surface area contributed by atoms with E-state index in [-0.39, 0.29) is 12.5 Å². The number of aromatic nitrogens is 1. The van der Waals surface area contributed by atoms with Gasteiger partial charge in [0, 0.05) is 24.2 Å². The topological polar surface area (TPSA) is 63.7 Å². The van der Waals surface area contributed by atoms with Gasteiger partial charge in [-0.2, -0.15) is 0 Å². The quantitative estimate of drug-likeness (QED) is 0.654. The number of benzene rings is 2. The first-order chi connectivity index (χ1) is 14.6. The number of rotatable bonds is 6. The van der Waals surface area contributed by atoms with Crippen molar-refractivity contribution < 1.29 is 14.3 Å². The van der Waals surface area contributed by atoms with Crippen LogP contribution in [0.5, 0.6) is 11.5 Å². The van der Waals surface area contributed by atoms with Crippen molar-refractivity contribution in [3.05, 3.63) is 54.6 Å². The number of methoxy groups -OCH3 is 1. The van der Waals surface area contributed by atoms with E-state index in [1.807, 2.05) is 18.2 Å². The molecule has 0 atom stereocenters. The molecule has 0 saturated carbocycles. The van der Waals surface area contributed by atoms with Crippen LogP contribution in [-0.4, -0.2) is 37.7 Å². The summed E-state index contributed by atoms with van der Waals surface area (Å²) in [6, 6.07) is 17.1. The molecule has 0 unspecified atom stereocenters. The van der Waals surface area contributed by atoms with Gasteiger partial charge in [0.1, 0.15) is 22.8 Å². The molecule has 3 aromatic rings. The van der Waals surface area contributed by atoms with Gasteiger partial charge in [-0.1, -0.05) is 19.1 Å². The average Bonchev–Trinajstić information content (AvgIpc) is 2.78. The van der Waals surface area contributed by atoms with E-state index in [1.54, 1.807) is 31.4 Å². The first-order valence-electron chi connectivity index (χ1n) is 10.3. The minimum atomic E-state index is -0.224. The molecule has 1 aliphatic rings. The van der Waals surface area contributed by atoms with Crippen LogP contribution in [0.1, 0.15) is 19.8 Å². The summed E-state index contributed by atoms with van der Waals surface area (Å²) >= 11 is 0. The van der Waals surface area contributed by atoms with Crippen molar-refractivity contribution in [2.75, 3.05) is 37.0 Å². The minimum absolute atomic E-state index is 0.0850. The van der Waals surface area contributed by atoms with Crippen molar-refractivity contribution in [2.24, 2.45) is 5.92 Å². The predicted octanol–water partition coefficient (Wildman–Crippen LogP) is 4.50. The van der Waals surface area contributed by atoms with Gasteiger partial charge < -0.3 is 19.7 Å². The van der Waals surface area contributed by atoms with E-state index < -0.39 is 0 Å². The number of carbonyl (C=O) groups is 1. The van der Waals surface area contributed by atoms with E-state index in [0.29, 0.717) is 11.4 Å².